The Morgan fingerprint density at radius 1 is 1.24 bits per heavy atom. The fourth-order valence-corrected chi connectivity index (χ4v) is 1.58. The van der Waals surface area contributed by atoms with E-state index in [0.29, 0.717) is 11.3 Å². The molecule has 0 radical (unpaired) electrons. The molecular weight excluding hydrogens is 221 g/mol. The van der Waals surface area contributed by atoms with Gasteiger partial charge < -0.3 is 10.8 Å². The maximum absolute atomic E-state index is 13.4. The first kappa shape index (κ1) is 11.5. The number of nitrogens with two attached hydrogens (primary N) is 1. The van der Waals surface area contributed by atoms with E-state index in [9.17, 15) is 9.50 Å². The SMILES string of the molecule is Nc1ccncc1CC(O)c1ccncc1F. The quantitative estimate of drug-likeness (QED) is 0.842. The van der Waals surface area contributed by atoms with Crippen molar-refractivity contribution in [2.75, 3.05) is 5.73 Å². The van der Waals surface area contributed by atoms with Crippen LogP contribution in [0.1, 0.15) is 17.2 Å². The predicted molar refractivity (Wildman–Crippen MR) is 61.5 cm³/mol. The summed E-state index contributed by atoms with van der Waals surface area (Å²) in [5, 5.41) is 9.93. The monoisotopic (exact) mass is 233 g/mol. The molecule has 2 rings (SSSR count). The zero-order valence-corrected chi connectivity index (χ0v) is 9.05. The number of rotatable bonds is 3. The van der Waals surface area contributed by atoms with Gasteiger partial charge in [-0.2, -0.15) is 0 Å². The van der Waals surface area contributed by atoms with Crippen LogP contribution in [-0.2, 0) is 6.42 Å². The maximum Gasteiger partial charge on any atom is 0.147 e. The molecule has 0 aliphatic rings. The average molecular weight is 233 g/mol. The number of pyridine rings is 2. The van der Waals surface area contributed by atoms with E-state index in [1.54, 1.807) is 18.5 Å². The molecule has 1 atom stereocenters. The van der Waals surface area contributed by atoms with Gasteiger partial charge in [0.1, 0.15) is 5.82 Å². The first-order valence-corrected chi connectivity index (χ1v) is 5.14. The second-order valence-electron chi connectivity index (χ2n) is 3.69. The third kappa shape index (κ3) is 2.57. The van der Waals surface area contributed by atoms with Gasteiger partial charge in [-0.15, -0.1) is 0 Å². The Labute approximate surface area is 98.0 Å². The average Bonchev–Trinajstić information content (AvgIpc) is 2.32. The lowest BCUT2D eigenvalue weighted by Gasteiger charge is -2.12. The molecule has 4 nitrogen and oxygen atoms in total. The Balaban J connectivity index is 2.20. The van der Waals surface area contributed by atoms with Crippen LogP contribution in [0.5, 0.6) is 0 Å². The molecule has 2 aromatic rings. The summed E-state index contributed by atoms with van der Waals surface area (Å²) >= 11 is 0. The van der Waals surface area contributed by atoms with Gasteiger partial charge in [-0.3, -0.25) is 9.97 Å². The molecule has 0 amide bonds. The molecule has 2 heterocycles. The lowest BCUT2D eigenvalue weighted by Crippen LogP contribution is -2.06. The van der Waals surface area contributed by atoms with E-state index >= 15 is 0 Å². The first-order chi connectivity index (χ1) is 8.18. The molecule has 3 N–H and O–H groups in total. The molecule has 5 heteroatoms. The largest absolute Gasteiger partial charge is 0.398 e. The van der Waals surface area contributed by atoms with E-state index in [-0.39, 0.29) is 12.0 Å². The van der Waals surface area contributed by atoms with Gasteiger partial charge in [0.25, 0.3) is 0 Å². The van der Waals surface area contributed by atoms with Gasteiger partial charge in [0.05, 0.1) is 12.3 Å². The van der Waals surface area contributed by atoms with E-state index in [2.05, 4.69) is 9.97 Å². The van der Waals surface area contributed by atoms with Crippen LogP contribution >= 0.6 is 0 Å². The lowest BCUT2D eigenvalue weighted by molar-refractivity contribution is 0.173. The van der Waals surface area contributed by atoms with Crippen LogP contribution in [0.3, 0.4) is 0 Å². The van der Waals surface area contributed by atoms with Crippen LogP contribution in [0, 0.1) is 5.82 Å². The minimum absolute atomic E-state index is 0.211. The van der Waals surface area contributed by atoms with Crippen molar-refractivity contribution in [1.82, 2.24) is 9.97 Å². The van der Waals surface area contributed by atoms with Crippen LogP contribution < -0.4 is 5.73 Å². The van der Waals surface area contributed by atoms with E-state index in [1.807, 2.05) is 0 Å². The fourth-order valence-electron chi connectivity index (χ4n) is 1.58. The summed E-state index contributed by atoms with van der Waals surface area (Å²) in [6, 6.07) is 3.09. The number of nitrogen functional groups attached to an aromatic ring is 1. The van der Waals surface area contributed by atoms with Gasteiger partial charge in [0, 0.05) is 36.3 Å². The Bertz CT molecular complexity index is 519. The van der Waals surface area contributed by atoms with Gasteiger partial charge >= 0.3 is 0 Å². The fraction of sp³-hybridized carbons (Fsp3) is 0.167. The Kier molecular flexibility index (Phi) is 3.30. The highest BCUT2D eigenvalue weighted by atomic mass is 19.1. The lowest BCUT2D eigenvalue weighted by atomic mass is 10.0. The normalized spacial score (nSPS) is 12.4. The third-order valence-electron chi connectivity index (χ3n) is 2.52. The highest BCUT2D eigenvalue weighted by Crippen LogP contribution is 2.22. The standard InChI is InChI=1S/C12H12FN3O/c13-10-7-16-3-1-9(10)12(17)5-8-6-15-4-2-11(8)14/h1-4,6-7,12,17H,5H2,(H2,14,15). The summed E-state index contributed by atoms with van der Waals surface area (Å²) in [5.74, 6) is -0.525. The van der Waals surface area contributed by atoms with E-state index < -0.39 is 11.9 Å². The number of anilines is 1. The number of aliphatic hydroxyl groups is 1. The van der Waals surface area contributed by atoms with Crippen molar-refractivity contribution in [2.24, 2.45) is 0 Å². The van der Waals surface area contributed by atoms with E-state index in [0.717, 1.165) is 6.20 Å². The van der Waals surface area contributed by atoms with Crippen molar-refractivity contribution in [1.29, 1.82) is 0 Å². The number of hydrogen-bond donors (Lipinski definition) is 2. The molecule has 0 fully saturated rings. The Hall–Kier alpha value is -2.01. The molecule has 0 aliphatic heterocycles. The number of nitrogens with zero attached hydrogens (tertiary/aromatic N) is 2. The minimum atomic E-state index is -0.954. The van der Waals surface area contributed by atoms with Gasteiger partial charge in [0.2, 0.25) is 0 Å². The number of hydrogen-bond acceptors (Lipinski definition) is 4. The van der Waals surface area contributed by atoms with E-state index in [4.69, 9.17) is 5.73 Å². The van der Waals surface area contributed by atoms with Crippen LogP contribution in [-0.4, -0.2) is 15.1 Å². The zero-order valence-electron chi connectivity index (χ0n) is 9.05. The molecule has 1 unspecified atom stereocenters. The second-order valence-corrected chi connectivity index (χ2v) is 3.69. The van der Waals surface area contributed by atoms with Crippen molar-refractivity contribution >= 4 is 5.69 Å². The predicted octanol–water partition coefficient (Wildman–Crippen LogP) is 1.47. The van der Waals surface area contributed by atoms with Crippen LogP contribution in [0.15, 0.2) is 36.9 Å². The van der Waals surface area contributed by atoms with Gasteiger partial charge in [-0.1, -0.05) is 0 Å². The van der Waals surface area contributed by atoms with Crippen molar-refractivity contribution < 1.29 is 9.50 Å². The Morgan fingerprint density at radius 3 is 2.65 bits per heavy atom. The summed E-state index contributed by atoms with van der Waals surface area (Å²) < 4.78 is 13.4. The molecule has 0 aliphatic carbocycles. The molecular formula is C12H12FN3O. The summed E-state index contributed by atoms with van der Waals surface area (Å²) in [5.41, 5.74) is 7.17. The van der Waals surface area contributed by atoms with Crippen molar-refractivity contribution in [3.05, 3.63) is 53.9 Å². The molecule has 17 heavy (non-hydrogen) atoms. The maximum atomic E-state index is 13.4. The van der Waals surface area contributed by atoms with E-state index in [1.165, 1.54) is 12.3 Å². The van der Waals surface area contributed by atoms with Gasteiger partial charge in [0.15, 0.2) is 0 Å². The highest BCUT2D eigenvalue weighted by Gasteiger charge is 2.14. The van der Waals surface area contributed by atoms with Crippen LogP contribution in [0.2, 0.25) is 0 Å². The first-order valence-electron chi connectivity index (χ1n) is 5.14. The molecule has 0 spiro atoms. The number of aliphatic hydroxyl groups excluding tert-OH is 1. The van der Waals surface area contributed by atoms with Crippen LogP contribution in [0.4, 0.5) is 10.1 Å². The van der Waals surface area contributed by atoms with Gasteiger partial charge in [-0.05, 0) is 17.7 Å². The highest BCUT2D eigenvalue weighted by molar-refractivity contribution is 5.45. The summed E-state index contributed by atoms with van der Waals surface area (Å²) in [6.07, 6.45) is 4.92. The minimum Gasteiger partial charge on any atom is -0.398 e. The summed E-state index contributed by atoms with van der Waals surface area (Å²) in [4.78, 5) is 7.55. The van der Waals surface area contributed by atoms with Crippen molar-refractivity contribution in [3.8, 4) is 0 Å². The molecule has 0 bridgehead atoms. The van der Waals surface area contributed by atoms with Gasteiger partial charge in [-0.25, -0.2) is 4.39 Å². The second kappa shape index (κ2) is 4.88. The summed E-state index contributed by atoms with van der Waals surface area (Å²) in [6.45, 7) is 0. The molecule has 0 saturated heterocycles. The molecule has 2 aromatic heterocycles. The molecule has 0 aromatic carbocycles. The van der Waals surface area contributed by atoms with Crippen LogP contribution in [0.25, 0.3) is 0 Å². The summed E-state index contributed by atoms with van der Waals surface area (Å²) in [7, 11) is 0. The molecule has 0 saturated carbocycles. The smallest absolute Gasteiger partial charge is 0.147 e. The molecule has 88 valence electrons. The topological polar surface area (TPSA) is 72.0 Å². The van der Waals surface area contributed by atoms with Crippen molar-refractivity contribution in [2.45, 2.75) is 12.5 Å². The van der Waals surface area contributed by atoms with Crippen molar-refractivity contribution in [3.63, 3.8) is 0 Å². The number of halogens is 1. The third-order valence-corrected chi connectivity index (χ3v) is 2.52. The Morgan fingerprint density at radius 2 is 1.94 bits per heavy atom. The number of aromatic nitrogens is 2. The zero-order chi connectivity index (χ0) is 12.3.